The van der Waals surface area contributed by atoms with Crippen LogP contribution in [-0.2, 0) is 6.54 Å². The van der Waals surface area contributed by atoms with E-state index in [2.05, 4.69) is 48.6 Å². The smallest absolute Gasteiger partial charge is 0.123 e. The van der Waals surface area contributed by atoms with Crippen LogP contribution in [0.5, 0.6) is 0 Å². The van der Waals surface area contributed by atoms with Crippen LogP contribution in [0.1, 0.15) is 36.8 Å². The first-order chi connectivity index (χ1) is 10.1. The molecule has 1 N–H and O–H groups in total. The van der Waals surface area contributed by atoms with E-state index in [1.54, 1.807) is 17.4 Å². The normalized spacial score (nSPS) is 12.4. The van der Waals surface area contributed by atoms with Crippen molar-refractivity contribution in [3.63, 3.8) is 0 Å². The number of hydrogen-bond donors (Lipinski definition) is 1. The van der Waals surface area contributed by atoms with Gasteiger partial charge in [-0.25, -0.2) is 4.39 Å². The third kappa shape index (κ3) is 4.29. The van der Waals surface area contributed by atoms with E-state index in [4.69, 9.17) is 0 Å². The van der Waals surface area contributed by atoms with Gasteiger partial charge in [0.2, 0.25) is 0 Å². The molecule has 0 saturated heterocycles. The molecular weight excluding hydrogens is 283 g/mol. The molecule has 1 aromatic heterocycles. The first-order valence-corrected chi connectivity index (χ1v) is 8.26. The molecule has 0 spiro atoms. The van der Waals surface area contributed by atoms with Crippen molar-refractivity contribution in [1.82, 2.24) is 5.32 Å². The molecule has 4 heteroatoms. The van der Waals surface area contributed by atoms with Gasteiger partial charge >= 0.3 is 0 Å². The molecule has 1 atom stereocenters. The second kappa shape index (κ2) is 7.57. The third-order valence-electron chi connectivity index (χ3n) is 3.54. The molecule has 0 aliphatic carbocycles. The van der Waals surface area contributed by atoms with Gasteiger partial charge in [0.1, 0.15) is 5.82 Å². The molecule has 2 aromatic rings. The topological polar surface area (TPSA) is 15.3 Å². The molecule has 0 saturated carbocycles. The van der Waals surface area contributed by atoms with Crippen molar-refractivity contribution in [2.24, 2.45) is 0 Å². The fourth-order valence-corrected chi connectivity index (χ4v) is 3.17. The summed E-state index contributed by atoms with van der Waals surface area (Å²) in [5.41, 5.74) is 2.10. The Morgan fingerprint density at radius 3 is 2.81 bits per heavy atom. The van der Waals surface area contributed by atoms with Crippen molar-refractivity contribution < 1.29 is 4.39 Å². The van der Waals surface area contributed by atoms with Gasteiger partial charge in [-0.1, -0.05) is 13.0 Å². The molecule has 0 fully saturated rings. The van der Waals surface area contributed by atoms with Crippen LogP contribution in [0.2, 0.25) is 0 Å². The summed E-state index contributed by atoms with van der Waals surface area (Å²) in [4.78, 5) is 3.49. The number of nitrogens with one attached hydrogen (secondary N) is 1. The number of benzene rings is 1. The monoisotopic (exact) mass is 306 g/mol. The van der Waals surface area contributed by atoms with E-state index in [0.717, 1.165) is 30.8 Å². The van der Waals surface area contributed by atoms with E-state index in [1.807, 2.05) is 6.07 Å². The van der Waals surface area contributed by atoms with E-state index in [0.29, 0.717) is 0 Å². The Hall–Kier alpha value is -1.39. The molecule has 0 aliphatic heterocycles. The molecule has 0 aliphatic rings. The van der Waals surface area contributed by atoms with Gasteiger partial charge in [-0.3, -0.25) is 0 Å². The Bertz CT molecular complexity index is 554. The Morgan fingerprint density at radius 2 is 2.14 bits per heavy atom. The number of nitrogens with zero attached hydrogens (tertiary/aromatic N) is 1. The maximum atomic E-state index is 13.6. The van der Waals surface area contributed by atoms with Gasteiger partial charge < -0.3 is 10.2 Å². The zero-order valence-electron chi connectivity index (χ0n) is 12.9. The Balaban J connectivity index is 2.21. The summed E-state index contributed by atoms with van der Waals surface area (Å²) in [6.07, 6.45) is 1.07. The summed E-state index contributed by atoms with van der Waals surface area (Å²) in [6.45, 7) is 6.00. The highest BCUT2D eigenvalue weighted by atomic mass is 32.1. The highest BCUT2D eigenvalue weighted by Crippen LogP contribution is 2.28. The van der Waals surface area contributed by atoms with Crippen molar-refractivity contribution in [3.05, 3.63) is 52.0 Å². The highest BCUT2D eigenvalue weighted by molar-refractivity contribution is 7.09. The van der Waals surface area contributed by atoms with Gasteiger partial charge in [0.05, 0.1) is 6.54 Å². The number of rotatable bonds is 7. The zero-order valence-corrected chi connectivity index (χ0v) is 13.7. The predicted octanol–water partition coefficient (Wildman–Crippen LogP) is 4.58. The number of halogens is 1. The molecule has 114 valence electrons. The lowest BCUT2D eigenvalue weighted by atomic mass is 10.0. The molecule has 0 bridgehead atoms. The fourth-order valence-electron chi connectivity index (χ4n) is 2.41. The quantitative estimate of drug-likeness (QED) is 0.805. The summed E-state index contributed by atoms with van der Waals surface area (Å²) >= 11 is 1.75. The van der Waals surface area contributed by atoms with Crippen molar-refractivity contribution in [2.75, 3.05) is 18.5 Å². The van der Waals surface area contributed by atoms with Crippen LogP contribution in [0.4, 0.5) is 10.1 Å². The lowest BCUT2D eigenvalue weighted by molar-refractivity contribution is 0.561. The van der Waals surface area contributed by atoms with Crippen LogP contribution in [0, 0.1) is 5.82 Å². The average molecular weight is 306 g/mol. The fraction of sp³-hybridized carbons (Fsp3) is 0.412. The Kier molecular flexibility index (Phi) is 5.76. The molecule has 1 heterocycles. The summed E-state index contributed by atoms with van der Waals surface area (Å²) in [5, 5.41) is 5.52. The second-order valence-corrected chi connectivity index (χ2v) is 6.35. The largest absolute Gasteiger partial charge is 0.369 e. The number of thiophene rings is 1. The molecule has 0 radical (unpaired) electrons. The van der Waals surface area contributed by atoms with E-state index in [1.165, 1.54) is 10.9 Å². The van der Waals surface area contributed by atoms with Gasteiger partial charge in [-0.2, -0.15) is 0 Å². The van der Waals surface area contributed by atoms with E-state index in [-0.39, 0.29) is 11.9 Å². The van der Waals surface area contributed by atoms with Gasteiger partial charge in [0.15, 0.2) is 0 Å². The van der Waals surface area contributed by atoms with Crippen molar-refractivity contribution >= 4 is 17.0 Å². The van der Waals surface area contributed by atoms with Crippen LogP contribution in [0.25, 0.3) is 0 Å². The van der Waals surface area contributed by atoms with E-state index >= 15 is 0 Å². The van der Waals surface area contributed by atoms with Crippen LogP contribution < -0.4 is 10.2 Å². The van der Waals surface area contributed by atoms with Gasteiger partial charge in [-0.05, 0) is 55.1 Å². The van der Waals surface area contributed by atoms with Crippen LogP contribution in [0.3, 0.4) is 0 Å². The number of hydrogen-bond acceptors (Lipinski definition) is 3. The standard InChI is InChI=1S/C17H23FN2S/c1-4-9-19-13(2)16-11-14(18)7-8-17(16)20(3)12-15-6-5-10-21-15/h5-8,10-11,13,19H,4,9,12H2,1-3H3. The molecule has 1 unspecified atom stereocenters. The van der Waals surface area contributed by atoms with Crippen LogP contribution in [0.15, 0.2) is 35.7 Å². The van der Waals surface area contributed by atoms with Crippen LogP contribution in [-0.4, -0.2) is 13.6 Å². The molecule has 2 rings (SSSR count). The van der Waals surface area contributed by atoms with Crippen molar-refractivity contribution in [1.29, 1.82) is 0 Å². The minimum atomic E-state index is -0.177. The Morgan fingerprint density at radius 1 is 1.33 bits per heavy atom. The average Bonchev–Trinajstić information content (AvgIpc) is 2.97. The van der Waals surface area contributed by atoms with E-state index in [9.17, 15) is 4.39 Å². The summed E-state index contributed by atoms with van der Waals surface area (Å²) in [6, 6.07) is 9.39. The molecule has 2 nitrogen and oxygen atoms in total. The lowest BCUT2D eigenvalue weighted by Crippen LogP contribution is -2.24. The second-order valence-electron chi connectivity index (χ2n) is 5.31. The molecular formula is C17H23FN2S. The predicted molar refractivity (Wildman–Crippen MR) is 89.5 cm³/mol. The SMILES string of the molecule is CCCNC(C)c1cc(F)ccc1N(C)Cc1cccs1. The number of anilines is 1. The summed E-state index contributed by atoms with van der Waals surface area (Å²) in [5.74, 6) is -0.177. The molecule has 1 aromatic carbocycles. The third-order valence-corrected chi connectivity index (χ3v) is 4.40. The van der Waals surface area contributed by atoms with Gasteiger partial charge in [-0.15, -0.1) is 11.3 Å². The van der Waals surface area contributed by atoms with Gasteiger partial charge in [0, 0.05) is 23.7 Å². The lowest BCUT2D eigenvalue weighted by Gasteiger charge is -2.25. The first-order valence-electron chi connectivity index (χ1n) is 7.38. The molecule has 0 amide bonds. The van der Waals surface area contributed by atoms with Crippen molar-refractivity contribution in [3.8, 4) is 0 Å². The maximum Gasteiger partial charge on any atom is 0.123 e. The highest BCUT2D eigenvalue weighted by Gasteiger charge is 2.14. The maximum absolute atomic E-state index is 13.6. The minimum absolute atomic E-state index is 0.140. The zero-order chi connectivity index (χ0) is 15.2. The first kappa shape index (κ1) is 16.0. The minimum Gasteiger partial charge on any atom is -0.369 e. The van der Waals surface area contributed by atoms with Crippen molar-refractivity contribution in [2.45, 2.75) is 32.9 Å². The van der Waals surface area contributed by atoms with Gasteiger partial charge in [0.25, 0.3) is 0 Å². The summed E-state index contributed by atoms with van der Waals surface area (Å²) < 4.78 is 13.6. The molecule has 21 heavy (non-hydrogen) atoms. The Labute approximate surface area is 130 Å². The summed E-state index contributed by atoms with van der Waals surface area (Å²) in [7, 11) is 2.06. The van der Waals surface area contributed by atoms with E-state index < -0.39 is 0 Å². The van der Waals surface area contributed by atoms with Crippen LogP contribution >= 0.6 is 11.3 Å².